The number of allylic oxidation sites excluding steroid dienone is 4. The lowest BCUT2D eigenvalue weighted by atomic mass is 9.97. The van der Waals surface area contributed by atoms with Crippen LogP contribution in [0.25, 0.3) is 0 Å². The predicted molar refractivity (Wildman–Crippen MR) is 328 cm³/mol. The molecule has 9 N–H and O–H groups in total. The van der Waals surface area contributed by atoms with E-state index in [0.717, 1.165) is 57.8 Å². The molecular weight excluding hydrogens is 1030 g/mol. The molecule has 81 heavy (non-hydrogen) atoms. The van der Waals surface area contributed by atoms with E-state index in [1.165, 1.54) is 218 Å². The van der Waals surface area contributed by atoms with E-state index in [1.54, 1.807) is 0 Å². The lowest BCUT2D eigenvalue weighted by Crippen LogP contribution is -2.65. The third kappa shape index (κ3) is 37.6. The Morgan fingerprint density at radius 1 is 0.444 bits per heavy atom. The zero-order valence-corrected chi connectivity index (χ0v) is 51.8. The van der Waals surface area contributed by atoms with Crippen molar-refractivity contribution in [3.05, 3.63) is 24.3 Å². The van der Waals surface area contributed by atoms with E-state index >= 15 is 0 Å². The molecule has 0 aromatic carbocycles. The van der Waals surface area contributed by atoms with Crippen molar-refractivity contribution in [3.8, 4) is 0 Å². The highest BCUT2D eigenvalue weighted by Crippen LogP contribution is 2.30. The smallest absolute Gasteiger partial charge is 0.220 e. The lowest BCUT2D eigenvalue weighted by molar-refractivity contribution is -0.359. The molecule has 2 heterocycles. The van der Waals surface area contributed by atoms with Gasteiger partial charge in [0.2, 0.25) is 5.91 Å². The maximum Gasteiger partial charge on any atom is 0.220 e. The van der Waals surface area contributed by atoms with Gasteiger partial charge < -0.3 is 65.1 Å². The molecular formula is C67H127NO13. The monoisotopic (exact) mass is 1150 g/mol. The summed E-state index contributed by atoms with van der Waals surface area (Å²) in [6.07, 6.45) is 47.6. The largest absolute Gasteiger partial charge is 0.394 e. The Hall–Kier alpha value is -1.53. The summed E-state index contributed by atoms with van der Waals surface area (Å²) in [4.78, 5) is 13.3. The Morgan fingerprint density at radius 3 is 1.23 bits per heavy atom. The number of nitrogens with one attached hydrogen (secondary N) is 1. The fourth-order valence-corrected chi connectivity index (χ4v) is 11.4. The maximum absolute atomic E-state index is 13.3. The minimum Gasteiger partial charge on any atom is -0.394 e. The molecule has 14 heteroatoms. The van der Waals surface area contributed by atoms with Crippen LogP contribution in [-0.2, 0) is 23.7 Å². The summed E-state index contributed by atoms with van der Waals surface area (Å²) in [5.74, 6) is -0.201. The fourth-order valence-electron chi connectivity index (χ4n) is 11.4. The molecule has 1 amide bonds. The standard InChI is InChI=1S/C67H127NO13/c1-3-5-7-9-11-13-15-17-19-21-22-23-24-25-26-27-28-29-30-31-32-33-34-35-37-39-41-43-45-47-49-51-59(72)68-55(56(71)50-48-46-44-42-40-38-36-20-18-16-14-12-10-8-6-4-2)54-78-66-64(77)62(75)65(58(53-70)80-66)81-67-63(76)61(74)60(73)57(52-69)79-67/h15,17,21-22,55-58,60-67,69-71,73-77H,3-14,16,18-20,23-54H2,1-2H3,(H,68,72)/b17-15-,22-21-. The van der Waals surface area contributed by atoms with Crippen molar-refractivity contribution in [1.29, 1.82) is 0 Å². The highest BCUT2D eigenvalue weighted by molar-refractivity contribution is 5.76. The summed E-state index contributed by atoms with van der Waals surface area (Å²) in [6.45, 7) is 2.89. The number of unbranched alkanes of at least 4 members (excludes halogenated alkanes) is 39. The number of ether oxygens (including phenoxy) is 4. The Bertz CT molecular complexity index is 1450. The van der Waals surface area contributed by atoms with Crippen LogP contribution in [-0.4, -0.2) is 140 Å². The van der Waals surface area contributed by atoms with Crippen molar-refractivity contribution < 1.29 is 64.6 Å². The molecule has 12 atom stereocenters. The Kier molecular flexibility index (Phi) is 49.2. The van der Waals surface area contributed by atoms with E-state index in [9.17, 15) is 45.6 Å². The molecule has 2 aliphatic rings. The highest BCUT2D eigenvalue weighted by Gasteiger charge is 2.51. The van der Waals surface area contributed by atoms with Gasteiger partial charge >= 0.3 is 0 Å². The topological polar surface area (TPSA) is 228 Å². The van der Waals surface area contributed by atoms with Gasteiger partial charge in [-0.05, 0) is 44.9 Å². The minimum atomic E-state index is -1.78. The third-order valence-electron chi connectivity index (χ3n) is 16.9. The molecule has 14 nitrogen and oxygen atoms in total. The van der Waals surface area contributed by atoms with E-state index in [1.807, 2.05) is 0 Å². The van der Waals surface area contributed by atoms with Crippen LogP contribution in [0, 0.1) is 0 Å². The van der Waals surface area contributed by atoms with Gasteiger partial charge in [0.05, 0.1) is 32.0 Å². The van der Waals surface area contributed by atoms with Crippen molar-refractivity contribution >= 4 is 5.91 Å². The molecule has 0 aliphatic carbocycles. The summed E-state index contributed by atoms with van der Waals surface area (Å²) in [7, 11) is 0. The summed E-state index contributed by atoms with van der Waals surface area (Å²) >= 11 is 0. The Morgan fingerprint density at radius 2 is 0.815 bits per heavy atom. The second kappa shape index (κ2) is 52.8. The van der Waals surface area contributed by atoms with Gasteiger partial charge in [0, 0.05) is 6.42 Å². The normalized spacial score (nSPS) is 24.2. The number of aliphatic hydroxyl groups is 8. The Labute approximate surface area is 494 Å². The second-order valence-electron chi connectivity index (χ2n) is 24.3. The number of carbonyl (C=O) groups excluding carboxylic acids is 1. The number of amides is 1. The fraction of sp³-hybridized carbons (Fsp3) is 0.925. The van der Waals surface area contributed by atoms with Gasteiger partial charge in [0.15, 0.2) is 12.6 Å². The maximum atomic E-state index is 13.3. The third-order valence-corrected chi connectivity index (χ3v) is 16.9. The van der Waals surface area contributed by atoms with Crippen LogP contribution in [0.2, 0.25) is 0 Å². The van der Waals surface area contributed by atoms with Gasteiger partial charge in [-0.25, -0.2) is 0 Å². The van der Waals surface area contributed by atoms with Crippen LogP contribution < -0.4 is 5.32 Å². The first-order chi connectivity index (χ1) is 39.6. The molecule has 0 radical (unpaired) electrons. The average molecular weight is 1150 g/mol. The van der Waals surface area contributed by atoms with E-state index in [4.69, 9.17) is 18.9 Å². The van der Waals surface area contributed by atoms with Crippen LogP contribution >= 0.6 is 0 Å². The molecule has 12 unspecified atom stereocenters. The van der Waals surface area contributed by atoms with Crippen molar-refractivity contribution in [2.45, 2.75) is 376 Å². The second-order valence-corrected chi connectivity index (χ2v) is 24.3. The summed E-state index contributed by atoms with van der Waals surface area (Å²) < 4.78 is 22.9. The van der Waals surface area contributed by atoms with Gasteiger partial charge in [0.1, 0.15) is 48.8 Å². The molecule has 0 aromatic rings. The minimum absolute atomic E-state index is 0.201. The quantitative estimate of drug-likeness (QED) is 0.0204. The summed E-state index contributed by atoms with van der Waals surface area (Å²) in [5, 5.41) is 87.4. The molecule has 0 aromatic heterocycles. The van der Waals surface area contributed by atoms with E-state index in [0.29, 0.717) is 12.8 Å². The van der Waals surface area contributed by atoms with Crippen molar-refractivity contribution in [2.24, 2.45) is 0 Å². The number of hydrogen-bond acceptors (Lipinski definition) is 13. The molecule has 2 fully saturated rings. The van der Waals surface area contributed by atoms with Crippen LogP contribution in [0.1, 0.15) is 303 Å². The van der Waals surface area contributed by atoms with E-state index < -0.39 is 86.8 Å². The van der Waals surface area contributed by atoms with Crippen molar-refractivity contribution in [1.82, 2.24) is 5.32 Å². The number of rotatable bonds is 56. The van der Waals surface area contributed by atoms with Crippen LogP contribution in [0.5, 0.6) is 0 Å². The molecule has 2 saturated heterocycles. The van der Waals surface area contributed by atoms with Crippen LogP contribution in [0.4, 0.5) is 0 Å². The highest BCUT2D eigenvalue weighted by atomic mass is 16.7. The first-order valence-corrected chi connectivity index (χ1v) is 34.1. The number of hydrogen-bond donors (Lipinski definition) is 9. The molecule has 2 aliphatic heterocycles. The molecule has 2 rings (SSSR count). The summed E-state index contributed by atoms with van der Waals surface area (Å²) in [6, 6.07) is -0.826. The van der Waals surface area contributed by atoms with Crippen LogP contribution in [0.3, 0.4) is 0 Å². The zero-order valence-electron chi connectivity index (χ0n) is 51.8. The first kappa shape index (κ1) is 75.6. The SMILES string of the molecule is CCCCCCC/C=C\C/C=C\CCCCCCCCCCCCCCCCCCCCCC(=O)NC(COC1OC(CO)C(OC2OC(CO)C(O)C(O)C2O)C(O)C1O)C(O)CCCCCCCCCCCCCCCCCC. The van der Waals surface area contributed by atoms with Crippen molar-refractivity contribution in [2.75, 3.05) is 19.8 Å². The molecule has 478 valence electrons. The van der Waals surface area contributed by atoms with E-state index in [-0.39, 0.29) is 12.5 Å². The summed E-state index contributed by atoms with van der Waals surface area (Å²) in [5.41, 5.74) is 0. The van der Waals surface area contributed by atoms with Gasteiger partial charge in [-0.1, -0.05) is 276 Å². The molecule has 0 saturated carbocycles. The first-order valence-electron chi connectivity index (χ1n) is 34.1. The predicted octanol–water partition coefficient (Wildman–Crippen LogP) is 13.2. The van der Waals surface area contributed by atoms with Crippen LogP contribution in [0.15, 0.2) is 24.3 Å². The van der Waals surface area contributed by atoms with Gasteiger partial charge in [-0.15, -0.1) is 0 Å². The van der Waals surface area contributed by atoms with Gasteiger partial charge in [-0.2, -0.15) is 0 Å². The molecule has 0 spiro atoms. The van der Waals surface area contributed by atoms with Crippen molar-refractivity contribution in [3.63, 3.8) is 0 Å². The zero-order chi connectivity index (χ0) is 58.8. The lowest BCUT2D eigenvalue weighted by Gasteiger charge is -2.46. The number of aliphatic hydroxyl groups excluding tert-OH is 8. The van der Waals surface area contributed by atoms with Gasteiger partial charge in [-0.3, -0.25) is 4.79 Å². The number of carbonyl (C=O) groups is 1. The molecule has 0 bridgehead atoms. The van der Waals surface area contributed by atoms with E-state index in [2.05, 4.69) is 43.5 Å². The van der Waals surface area contributed by atoms with Gasteiger partial charge in [0.25, 0.3) is 0 Å². The Balaban J connectivity index is 1.63. The average Bonchev–Trinajstić information content (AvgIpc) is 3.47.